The van der Waals surface area contributed by atoms with Crippen molar-refractivity contribution in [3.05, 3.63) is 58.4 Å². The van der Waals surface area contributed by atoms with Crippen molar-refractivity contribution in [2.24, 2.45) is 0 Å². The molecule has 0 spiro atoms. The van der Waals surface area contributed by atoms with Gasteiger partial charge in [0.2, 0.25) is 11.8 Å². The molecule has 176 valence electrons. The van der Waals surface area contributed by atoms with Gasteiger partial charge in [-0.15, -0.1) is 0 Å². The second-order valence-electron chi connectivity index (χ2n) is 9.87. The number of pyridine rings is 1. The maximum absolute atomic E-state index is 12.9. The zero-order valence-electron chi connectivity index (χ0n) is 19.3. The number of carbonyl (C=O) groups excluding carboxylic acids is 3. The molecule has 4 aliphatic rings. The summed E-state index contributed by atoms with van der Waals surface area (Å²) in [7, 11) is 0. The number of hydrogen-bond donors (Lipinski definition) is 1. The van der Waals surface area contributed by atoms with Crippen LogP contribution in [0.4, 0.5) is 0 Å². The van der Waals surface area contributed by atoms with Crippen LogP contribution in [0.15, 0.2) is 30.6 Å². The third-order valence-corrected chi connectivity index (χ3v) is 7.77. The number of nitrogens with one attached hydrogen (secondary N) is 1. The van der Waals surface area contributed by atoms with Crippen LogP contribution in [0.1, 0.15) is 64.7 Å². The number of piperidine rings is 1. The van der Waals surface area contributed by atoms with E-state index in [0.717, 1.165) is 43.7 Å². The van der Waals surface area contributed by atoms with Gasteiger partial charge in [0.15, 0.2) is 0 Å². The average Bonchev–Trinajstić information content (AvgIpc) is 3.52. The topological polar surface area (TPSA) is 91.8 Å². The minimum atomic E-state index is -0.601. The maximum Gasteiger partial charge on any atom is 0.255 e. The highest BCUT2D eigenvalue weighted by Gasteiger charge is 2.40. The van der Waals surface area contributed by atoms with Crippen LogP contribution < -0.4 is 10.1 Å². The third-order valence-electron chi connectivity index (χ3n) is 7.77. The molecule has 0 bridgehead atoms. The Morgan fingerprint density at radius 2 is 1.91 bits per heavy atom. The zero-order valence-corrected chi connectivity index (χ0v) is 19.3. The lowest BCUT2D eigenvalue weighted by atomic mass is 10.0. The number of aryl methyl sites for hydroxylation is 1. The van der Waals surface area contributed by atoms with Gasteiger partial charge >= 0.3 is 0 Å². The predicted molar refractivity (Wildman–Crippen MR) is 123 cm³/mol. The van der Waals surface area contributed by atoms with E-state index in [0.29, 0.717) is 24.6 Å². The van der Waals surface area contributed by atoms with Crippen LogP contribution in [-0.2, 0) is 29.2 Å². The van der Waals surface area contributed by atoms with Gasteiger partial charge in [-0.2, -0.15) is 0 Å². The summed E-state index contributed by atoms with van der Waals surface area (Å²) in [5.74, 6) is -0.0591. The highest BCUT2D eigenvalue weighted by molar-refractivity contribution is 6.05. The maximum atomic E-state index is 12.9. The molecule has 0 radical (unpaired) electrons. The molecule has 8 nitrogen and oxygen atoms in total. The van der Waals surface area contributed by atoms with Gasteiger partial charge in [-0.25, -0.2) is 0 Å². The molecule has 1 aromatic carbocycles. The molecule has 6 rings (SSSR count). The fourth-order valence-electron chi connectivity index (χ4n) is 5.98. The first-order chi connectivity index (χ1) is 16.5. The van der Waals surface area contributed by atoms with Crippen LogP contribution in [0.5, 0.6) is 5.75 Å². The number of rotatable bonds is 4. The lowest BCUT2D eigenvalue weighted by Gasteiger charge is -2.29. The summed E-state index contributed by atoms with van der Waals surface area (Å²) in [5, 5.41) is 2.35. The van der Waals surface area contributed by atoms with Gasteiger partial charge in [0.1, 0.15) is 17.9 Å². The zero-order chi connectivity index (χ0) is 23.4. The molecule has 34 heavy (non-hydrogen) atoms. The van der Waals surface area contributed by atoms with E-state index in [1.807, 2.05) is 30.6 Å². The number of benzene rings is 1. The van der Waals surface area contributed by atoms with E-state index < -0.39 is 6.04 Å². The Balaban J connectivity index is 1.16. The van der Waals surface area contributed by atoms with E-state index in [1.165, 1.54) is 16.7 Å². The molecule has 3 atom stereocenters. The van der Waals surface area contributed by atoms with Gasteiger partial charge in [-0.3, -0.25) is 29.6 Å². The summed E-state index contributed by atoms with van der Waals surface area (Å²) in [6, 6.07) is 5.37. The van der Waals surface area contributed by atoms with Crippen molar-refractivity contribution in [3.63, 3.8) is 0 Å². The van der Waals surface area contributed by atoms with Gasteiger partial charge in [-0.1, -0.05) is 0 Å². The van der Waals surface area contributed by atoms with E-state index in [1.54, 1.807) is 4.90 Å². The Morgan fingerprint density at radius 3 is 2.74 bits per heavy atom. The van der Waals surface area contributed by atoms with Gasteiger partial charge in [0, 0.05) is 50.1 Å². The van der Waals surface area contributed by atoms with Crippen molar-refractivity contribution in [1.29, 1.82) is 0 Å². The Bertz CT molecular complexity index is 1200. The Morgan fingerprint density at radius 1 is 1.03 bits per heavy atom. The molecule has 2 fully saturated rings. The highest BCUT2D eigenvalue weighted by Crippen LogP contribution is 2.36. The van der Waals surface area contributed by atoms with Crippen molar-refractivity contribution in [2.75, 3.05) is 0 Å². The molecule has 3 amide bonds. The third kappa shape index (κ3) is 3.57. The molecule has 1 unspecified atom stereocenters. The number of aromatic nitrogens is 1. The number of ether oxygens (including phenoxy) is 1. The van der Waals surface area contributed by atoms with Crippen LogP contribution >= 0.6 is 0 Å². The van der Waals surface area contributed by atoms with Crippen LogP contribution in [0.3, 0.4) is 0 Å². The van der Waals surface area contributed by atoms with Gasteiger partial charge in [-0.05, 0) is 73.1 Å². The summed E-state index contributed by atoms with van der Waals surface area (Å²) < 4.78 is 6.49. The molecule has 1 saturated carbocycles. The van der Waals surface area contributed by atoms with Crippen molar-refractivity contribution in [1.82, 2.24) is 20.1 Å². The number of fused-ring (bicyclic) bond motifs is 2. The fourth-order valence-corrected chi connectivity index (χ4v) is 5.98. The molecule has 4 heterocycles. The van der Waals surface area contributed by atoms with Crippen LogP contribution in [0.25, 0.3) is 0 Å². The van der Waals surface area contributed by atoms with E-state index >= 15 is 0 Å². The number of imide groups is 1. The van der Waals surface area contributed by atoms with Crippen molar-refractivity contribution in [2.45, 2.75) is 76.8 Å². The highest BCUT2D eigenvalue weighted by atomic mass is 16.5. The van der Waals surface area contributed by atoms with Crippen molar-refractivity contribution >= 4 is 17.7 Å². The summed E-state index contributed by atoms with van der Waals surface area (Å²) in [4.78, 5) is 45.2. The molecule has 1 saturated heterocycles. The normalized spacial score (nSPS) is 26.6. The Hall–Kier alpha value is -3.26. The number of nitrogens with zero attached hydrogens (tertiary/aromatic N) is 3. The molecular formula is C26H28N4O4. The number of amides is 3. The van der Waals surface area contributed by atoms with Gasteiger partial charge in [0.25, 0.3) is 5.91 Å². The predicted octanol–water partition coefficient (Wildman–Crippen LogP) is 2.47. The molecule has 1 N–H and O–H groups in total. The summed E-state index contributed by atoms with van der Waals surface area (Å²) in [5.41, 5.74) is 5.44. The van der Waals surface area contributed by atoms with Crippen LogP contribution in [-0.4, -0.2) is 50.7 Å². The second-order valence-corrected chi connectivity index (χ2v) is 9.87. The smallest absolute Gasteiger partial charge is 0.255 e. The molecular weight excluding hydrogens is 432 g/mol. The number of carbonyl (C=O) groups is 3. The van der Waals surface area contributed by atoms with E-state index in [9.17, 15) is 14.4 Å². The molecule has 8 heteroatoms. The van der Waals surface area contributed by atoms with Crippen LogP contribution in [0.2, 0.25) is 0 Å². The molecule has 3 aliphatic heterocycles. The Labute approximate surface area is 198 Å². The van der Waals surface area contributed by atoms with E-state index in [2.05, 4.69) is 22.1 Å². The quantitative estimate of drug-likeness (QED) is 0.705. The first-order valence-corrected chi connectivity index (χ1v) is 12.1. The number of hydrogen-bond acceptors (Lipinski definition) is 6. The molecule has 1 aromatic heterocycles. The minimum absolute atomic E-state index is 0.101. The van der Waals surface area contributed by atoms with Gasteiger partial charge < -0.3 is 9.64 Å². The average molecular weight is 461 g/mol. The summed E-state index contributed by atoms with van der Waals surface area (Å²) in [6.07, 6.45) is 7.89. The first kappa shape index (κ1) is 21.3. The Kier molecular flexibility index (Phi) is 5.13. The largest absolute Gasteiger partial charge is 0.489 e. The van der Waals surface area contributed by atoms with E-state index in [-0.39, 0.29) is 30.2 Å². The standard InChI is InChI=1S/C26H28N4O4/c1-15-10-27-11-17-12-29(14-20(15)17)21-3-2-4-23(21)34-18-5-6-19-16(9-18)13-30(26(19)33)22-7-8-24(31)28-25(22)32/h5-6,9-11,21-23H,2-4,7-8,12-14H2,1H3,(H,28,31,32)/t21-,22?,23-/m1/s1. The van der Waals surface area contributed by atoms with Gasteiger partial charge in [0.05, 0.1) is 0 Å². The van der Waals surface area contributed by atoms with Crippen molar-refractivity contribution in [3.8, 4) is 5.75 Å². The van der Waals surface area contributed by atoms with Crippen molar-refractivity contribution < 1.29 is 19.1 Å². The summed E-state index contributed by atoms with van der Waals surface area (Å²) >= 11 is 0. The minimum Gasteiger partial charge on any atom is -0.489 e. The lowest BCUT2D eigenvalue weighted by molar-refractivity contribution is -0.136. The van der Waals surface area contributed by atoms with E-state index in [4.69, 9.17) is 4.74 Å². The molecule has 2 aromatic rings. The second kappa shape index (κ2) is 8.20. The fraction of sp³-hybridized carbons (Fsp3) is 0.462. The summed E-state index contributed by atoms with van der Waals surface area (Å²) in [6.45, 7) is 4.34. The monoisotopic (exact) mass is 460 g/mol. The first-order valence-electron chi connectivity index (χ1n) is 12.1. The lowest BCUT2D eigenvalue weighted by Crippen LogP contribution is -2.52. The SMILES string of the molecule is Cc1cncc2c1CN([C@@H]1CCC[C@H]1Oc1ccc3c(c1)CN(C1CCC(=O)NC1=O)C3=O)C2. The van der Waals surface area contributed by atoms with Crippen LogP contribution in [0, 0.1) is 6.92 Å². The molecule has 1 aliphatic carbocycles.